The van der Waals surface area contributed by atoms with Gasteiger partial charge in [-0.05, 0) is 86.1 Å². The van der Waals surface area contributed by atoms with E-state index in [9.17, 15) is 0 Å². The summed E-state index contributed by atoms with van der Waals surface area (Å²) in [5.74, 6) is 0. The number of ether oxygens (including phenoxy) is 2. The van der Waals surface area contributed by atoms with Gasteiger partial charge in [0.1, 0.15) is 0 Å². The van der Waals surface area contributed by atoms with Crippen LogP contribution in [0.3, 0.4) is 0 Å². The van der Waals surface area contributed by atoms with Gasteiger partial charge in [0.15, 0.2) is 6.29 Å². The predicted octanol–water partition coefficient (Wildman–Crippen LogP) is 10.0. The lowest BCUT2D eigenvalue weighted by atomic mass is 10.1. The Hall–Kier alpha value is -1.38. The van der Waals surface area contributed by atoms with E-state index in [1.54, 1.807) is 0 Å². The minimum atomic E-state index is -0.284. The second-order valence-electron chi connectivity index (χ2n) is 9.76. The van der Waals surface area contributed by atoms with E-state index in [4.69, 9.17) is 9.47 Å². The van der Waals surface area contributed by atoms with Crippen molar-refractivity contribution in [1.82, 2.24) is 0 Å². The molecule has 0 aliphatic carbocycles. The summed E-state index contributed by atoms with van der Waals surface area (Å²) in [4.78, 5) is 0. The van der Waals surface area contributed by atoms with E-state index in [0.29, 0.717) is 13.2 Å². The molecule has 0 aromatic carbocycles. The molecule has 0 spiro atoms. The summed E-state index contributed by atoms with van der Waals surface area (Å²) in [5.41, 5.74) is 5.51. The van der Waals surface area contributed by atoms with E-state index in [-0.39, 0.29) is 6.29 Å². The molecule has 0 N–H and O–H groups in total. The number of hydrogen-bond acceptors (Lipinski definition) is 2. The first-order chi connectivity index (χ1) is 15.8. The number of hydrogen-bond donors (Lipinski definition) is 0. The minimum Gasteiger partial charge on any atom is -0.345 e. The van der Waals surface area contributed by atoms with Crippen molar-refractivity contribution in [2.45, 2.75) is 125 Å². The summed E-state index contributed by atoms with van der Waals surface area (Å²) < 4.78 is 12.1. The molecular formula is C31H54O2. The zero-order valence-corrected chi connectivity index (χ0v) is 23.1. The highest BCUT2D eigenvalue weighted by Crippen LogP contribution is 2.11. The summed E-state index contributed by atoms with van der Waals surface area (Å²) in [6.07, 6.45) is 26.4. The van der Waals surface area contributed by atoms with Gasteiger partial charge in [-0.2, -0.15) is 0 Å². The Morgan fingerprint density at radius 1 is 0.606 bits per heavy atom. The molecule has 190 valence electrons. The summed E-state index contributed by atoms with van der Waals surface area (Å²) in [6.45, 7) is 16.4. The Kier molecular flexibility index (Phi) is 21.5. The first-order valence-electron chi connectivity index (χ1n) is 13.3. The molecular weight excluding hydrogens is 404 g/mol. The van der Waals surface area contributed by atoms with Crippen LogP contribution in [-0.2, 0) is 9.47 Å². The summed E-state index contributed by atoms with van der Waals surface area (Å²) in [5, 5.41) is 0. The monoisotopic (exact) mass is 458 g/mol. The van der Waals surface area contributed by atoms with Gasteiger partial charge in [0.05, 0.1) is 13.2 Å². The smallest absolute Gasteiger partial charge is 0.177 e. The van der Waals surface area contributed by atoms with Crippen molar-refractivity contribution in [3.05, 3.63) is 58.7 Å². The summed E-state index contributed by atoms with van der Waals surface area (Å²) in [6, 6.07) is 0. The lowest BCUT2D eigenvalue weighted by Gasteiger charge is -2.14. The van der Waals surface area contributed by atoms with Crippen molar-refractivity contribution < 1.29 is 9.47 Å². The Morgan fingerprint density at radius 3 is 1.58 bits per heavy atom. The third-order valence-corrected chi connectivity index (χ3v) is 5.58. The highest BCUT2D eigenvalue weighted by molar-refractivity contribution is 5.03. The molecule has 0 saturated heterocycles. The zero-order chi connectivity index (χ0) is 24.7. The van der Waals surface area contributed by atoms with Gasteiger partial charge in [-0.3, -0.25) is 0 Å². The summed E-state index contributed by atoms with van der Waals surface area (Å²) >= 11 is 0. The molecule has 2 heteroatoms. The molecule has 0 radical (unpaired) electrons. The van der Waals surface area contributed by atoms with Gasteiger partial charge in [0.2, 0.25) is 0 Å². The highest BCUT2D eigenvalue weighted by atomic mass is 16.7. The SMILES string of the molecule is CCCCCCCCC=CC(OCC=C(C)CCC=C(C)C)OCC=C(C)CCC=C(C)C. The van der Waals surface area contributed by atoms with Crippen LogP contribution in [0.4, 0.5) is 0 Å². The Balaban J connectivity index is 4.57. The third kappa shape index (κ3) is 23.6. The molecule has 0 bridgehead atoms. The largest absolute Gasteiger partial charge is 0.345 e. The van der Waals surface area contributed by atoms with Crippen molar-refractivity contribution in [1.29, 1.82) is 0 Å². The van der Waals surface area contributed by atoms with Gasteiger partial charge in [-0.15, -0.1) is 0 Å². The van der Waals surface area contributed by atoms with Crippen molar-refractivity contribution in [2.24, 2.45) is 0 Å². The molecule has 0 amide bonds. The Bertz CT molecular complexity index is 569. The topological polar surface area (TPSA) is 18.5 Å². The van der Waals surface area contributed by atoms with E-state index < -0.39 is 0 Å². The van der Waals surface area contributed by atoms with Crippen LogP contribution in [0.2, 0.25) is 0 Å². The average Bonchev–Trinajstić information content (AvgIpc) is 2.74. The van der Waals surface area contributed by atoms with Gasteiger partial charge in [0.25, 0.3) is 0 Å². The van der Waals surface area contributed by atoms with Crippen LogP contribution < -0.4 is 0 Å². The standard InChI is InChI=1S/C31H54O2/c1-8-9-10-11-12-13-14-15-22-31(32-25-23-29(6)20-16-18-27(2)3)33-26-24-30(7)21-17-19-28(4)5/h15,18-19,22-24,31H,8-14,16-17,20-21,25-26H2,1-7H3. The van der Waals surface area contributed by atoms with E-state index in [2.05, 4.69) is 84.9 Å². The fourth-order valence-corrected chi connectivity index (χ4v) is 3.36. The molecule has 0 unspecified atom stereocenters. The fraction of sp³-hybridized carbons (Fsp3) is 0.677. The van der Waals surface area contributed by atoms with Crippen LogP contribution in [0.15, 0.2) is 58.7 Å². The van der Waals surface area contributed by atoms with E-state index in [1.165, 1.54) is 60.8 Å². The van der Waals surface area contributed by atoms with Gasteiger partial charge in [0, 0.05) is 0 Å². The first-order valence-corrected chi connectivity index (χ1v) is 13.3. The molecule has 2 nitrogen and oxygen atoms in total. The maximum absolute atomic E-state index is 6.05. The van der Waals surface area contributed by atoms with Crippen LogP contribution in [0.5, 0.6) is 0 Å². The second kappa shape index (κ2) is 22.4. The third-order valence-electron chi connectivity index (χ3n) is 5.58. The lowest BCUT2D eigenvalue weighted by Crippen LogP contribution is -2.15. The van der Waals surface area contributed by atoms with Gasteiger partial charge in [-0.1, -0.05) is 91.7 Å². The van der Waals surface area contributed by atoms with Crippen LogP contribution in [0, 0.1) is 0 Å². The average molecular weight is 459 g/mol. The number of allylic oxidation sites excluding steroid dienone is 7. The minimum absolute atomic E-state index is 0.284. The lowest BCUT2D eigenvalue weighted by molar-refractivity contribution is -0.0939. The van der Waals surface area contributed by atoms with Crippen LogP contribution >= 0.6 is 0 Å². The van der Waals surface area contributed by atoms with Crippen LogP contribution in [0.25, 0.3) is 0 Å². The molecule has 0 heterocycles. The Morgan fingerprint density at radius 2 is 1.09 bits per heavy atom. The zero-order valence-electron chi connectivity index (χ0n) is 23.1. The van der Waals surface area contributed by atoms with Crippen molar-refractivity contribution in [3.8, 4) is 0 Å². The predicted molar refractivity (Wildman–Crippen MR) is 148 cm³/mol. The molecule has 0 aliphatic heterocycles. The van der Waals surface area contributed by atoms with Crippen molar-refractivity contribution in [2.75, 3.05) is 13.2 Å². The molecule has 0 rings (SSSR count). The molecule has 0 fully saturated rings. The van der Waals surface area contributed by atoms with Crippen LogP contribution in [-0.4, -0.2) is 19.5 Å². The molecule has 0 aliphatic rings. The fourth-order valence-electron chi connectivity index (χ4n) is 3.36. The molecule has 33 heavy (non-hydrogen) atoms. The summed E-state index contributed by atoms with van der Waals surface area (Å²) in [7, 11) is 0. The Labute approximate surface area is 206 Å². The van der Waals surface area contributed by atoms with Crippen molar-refractivity contribution in [3.63, 3.8) is 0 Å². The maximum atomic E-state index is 6.05. The van der Waals surface area contributed by atoms with E-state index >= 15 is 0 Å². The molecule has 0 atom stereocenters. The van der Waals surface area contributed by atoms with E-state index in [0.717, 1.165) is 32.1 Å². The quantitative estimate of drug-likeness (QED) is 0.103. The van der Waals surface area contributed by atoms with Gasteiger partial charge < -0.3 is 9.47 Å². The van der Waals surface area contributed by atoms with Gasteiger partial charge in [-0.25, -0.2) is 0 Å². The molecule has 0 aromatic rings. The second-order valence-corrected chi connectivity index (χ2v) is 9.76. The number of unbranched alkanes of at least 4 members (excludes halogenated alkanes) is 6. The number of rotatable bonds is 20. The van der Waals surface area contributed by atoms with Crippen LogP contribution in [0.1, 0.15) is 119 Å². The molecule has 0 aromatic heterocycles. The maximum Gasteiger partial charge on any atom is 0.177 e. The van der Waals surface area contributed by atoms with Gasteiger partial charge >= 0.3 is 0 Å². The first kappa shape index (κ1) is 31.6. The van der Waals surface area contributed by atoms with Crippen molar-refractivity contribution >= 4 is 0 Å². The van der Waals surface area contributed by atoms with E-state index in [1.807, 2.05) is 0 Å². The molecule has 0 saturated carbocycles. The normalized spacial score (nSPS) is 13.4. The highest BCUT2D eigenvalue weighted by Gasteiger charge is 2.04.